The van der Waals surface area contributed by atoms with Crippen molar-refractivity contribution < 1.29 is 4.57 Å². The van der Waals surface area contributed by atoms with E-state index in [2.05, 4.69) is 54.6 Å². The van der Waals surface area contributed by atoms with Gasteiger partial charge in [0, 0.05) is 32.2 Å². The fourth-order valence-electron chi connectivity index (χ4n) is 4.68. The van der Waals surface area contributed by atoms with Gasteiger partial charge in [-0.25, -0.2) is 4.98 Å². The minimum absolute atomic E-state index is 0.818. The van der Waals surface area contributed by atoms with E-state index in [1.54, 1.807) is 0 Å². The van der Waals surface area contributed by atoms with Crippen LogP contribution in [0, 0.1) is 0 Å². The van der Waals surface area contributed by atoms with Crippen LogP contribution >= 0.6 is 7.14 Å². The van der Waals surface area contributed by atoms with Gasteiger partial charge in [0.15, 0.2) is 7.14 Å². The molecule has 0 atom stereocenters. The molecule has 34 heavy (non-hydrogen) atoms. The molecular weight excluding hydrogens is 433 g/mol. The highest BCUT2D eigenvalue weighted by molar-refractivity contribution is 7.85. The maximum absolute atomic E-state index is 14.6. The van der Waals surface area contributed by atoms with Gasteiger partial charge < -0.3 is 4.57 Å². The van der Waals surface area contributed by atoms with Gasteiger partial charge >= 0.3 is 0 Å². The molecule has 162 valence electrons. The summed E-state index contributed by atoms with van der Waals surface area (Å²) in [6, 6.07) is 44.3. The number of hydrogen-bond donors (Lipinski definition) is 0. The van der Waals surface area contributed by atoms with E-state index in [-0.39, 0.29) is 0 Å². The van der Waals surface area contributed by atoms with E-state index in [1.165, 1.54) is 5.39 Å². The van der Waals surface area contributed by atoms with Gasteiger partial charge in [-0.2, -0.15) is 0 Å². The Morgan fingerprint density at radius 3 is 1.53 bits per heavy atom. The number of para-hydroxylation sites is 1. The van der Waals surface area contributed by atoms with Crippen molar-refractivity contribution in [3.63, 3.8) is 0 Å². The van der Waals surface area contributed by atoms with Crippen LogP contribution in [-0.2, 0) is 4.57 Å². The van der Waals surface area contributed by atoms with Crippen LogP contribution in [0.25, 0.3) is 32.9 Å². The summed E-state index contributed by atoms with van der Waals surface area (Å²) in [6.07, 6.45) is 0. The Bertz CT molecular complexity index is 1620. The molecule has 0 fully saturated rings. The first kappa shape index (κ1) is 20.6. The molecule has 2 nitrogen and oxygen atoms in total. The van der Waals surface area contributed by atoms with E-state index >= 15 is 0 Å². The predicted molar refractivity (Wildman–Crippen MR) is 144 cm³/mol. The van der Waals surface area contributed by atoms with Crippen LogP contribution in [0.3, 0.4) is 0 Å². The molecule has 6 rings (SSSR count). The summed E-state index contributed by atoms with van der Waals surface area (Å²) in [5.74, 6) is 0. The highest BCUT2D eigenvalue weighted by Gasteiger charge is 2.29. The molecule has 3 heteroatoms. The van der Waals surface area contributed by atoms with Gasteiger partial charge in [-0.1, -0.05) is 127 Å². The lowest BCUT2D eigenvalue weighted by Crippen LogP contribution is -2.24. The van der Waals surface area contributed by atoms with Gasteiger partial charge in [0.05, 0.1) is 11.2 Å². The Kier molecular flexibility index (Phi) is 5.09. The summed E-state index contributed by atoms with van der Waals surface area (Å²) in [7, 11) is -3.00. The first-order chi connectivity index (χ1) is 16.7. The minimum atomic E-state index is -3.00. The topological polar surface area (TPSA) is 30.0 Å². The van der Waals surface area contributed by atoms with E-state index in [9.17, 15) is 4.57 Å². The highest BCUT2D eigenvalue weighted by Crippen LogP contribution is 2.42. The number of fused-ring (bicyclic) bond motifs is 3. The summed E-state index contributed by atoms with van der Waals surface area (Å²) in [4.78, 5) is 5.01. The Morgan fingerprint density at radius 1 is 0.441 bits per heavy atom. The fraction of sp³-hybridized carbons (Fsp3) is 0. The summed E-state index contributed by atoms with van der Waals surface area (Å²) in [5, 5.41) is 5.94. The molecule has 0 bridgehead atoms. The molecule has 1 heterocycles. The van der Waals surface area contributed by atoms with Gasteiger partial charge in [0.25, 0.3) is 0 Å². The van der Waals surface area contributed by atoms with Gasteiger partial charge in [-0.05, 0) is 11.5 Å². The molecule has 0 radical (unpaired) electrons. The van der Waals surface area contributed by atoms with Gasteiger partial charge in [-0.3, -0.25) is 0 Å². The van der Waals surface area contributed by atoms with Crippen molar-refractivity contribution in [1.82, 2.24) is 4.98 Å². The van der Waals surface area contributed by atoms with Crippen molar-refractivity contribution in [2.75, 3.05) is 0 Å². The molecular formula is C31H22NOP. The average molecular weight is 455 g/mol. The second-order valence-corrected chi connectivity index (χ2v) is 11.1. The molecule has 0 aliphatic heterocycles. The highest BCUT2D eigenvalue weighted by atomic mass is 31.2. The molecule has 0 saturated heterocycles. The molecule has 0 saturated carbocycles. The molecule has 1 aromatic heterocycles. The zero-order valence-electron chi connectivity index (χ0n) is 18.5. The molecule has 0 N–H and O–H groups in total. The largest absolute Gasteiger partial charge is 0.309 e. The molecule has 0 aliphatic rings. The molecule has 0 spiro atoms. The van der Waals surface area contributed by atoms with Crippen LogP contribution in [-0.4, -0.2) is 4.98 Å². The van der Waals surface area contributed by atoms with Gasteiger partial charge in [0.1, 0.15) is 0 Å². The van der Waals surface area contributed by atoms with Crippen molar-refractivity contribution >= 4 is 44.7 Å². The Labute approximate surface area is 198 Å². The Hall–Kier alpha value is -4.00. The second kappa shape index (κ2) is 8.41. The fourth-order valence-corrected chi connectivity index (χ4v) is 7.32. The van der Waals surface area contributed by atoms with E-state index in [0.717, 1.165) is 43.5 Å². The van der Waals surface area contributed by atoms with Crippen molar-refractivity contribution in [2.45, 2.75) is 0 Å². The number of benzene rings is 5. The summed E-state index contributed by atoms with van der Waals surface area (Å²) in [6.45, 7) is 0. The lowest BCUT2D eigenvalue weighted by Gasteiger charge is -2.20. The van der Waals surface area contributed by atoms with Crippen molar-refractivity contribution in [1.29, 1.82) is 0 Å². The van der Waals surface area contributed by atoms with Crippen LogP contribution < -0.4 is 15.9 Å². The normalized spacial score (nSPS) is 11.6. The third-order valence-corrected chi connectivity index (χ3v) is 9.43. The maximum atomic E-state index is 14.6. The quantitative estimate of drug-likeness (QED) is 0.219. The van der Waals surface area contributed by atoms with Crippen LogP contribution in [0.1, 0.15) is 0 Å². The van der Waals surface area contributed by atoms with Gasteiger partial charge in [0.2, 0.25) is 0 Å². The standard InChI is InChI=1S/C31H22NOP/c33-34(24-11-3-1-4-12-24,25-13-5-2-6-14-25)26-21-19-23(20-22-26)31-29-17-8-7-15-27(29)28-16-9-10-18-30(28)32-31/h1-22H. The Balaban J connectivity index is 1.53. The SMILES string of the molecule is O=P(c1ccccc1)(c1ccccc1)c1ccc(-c2nc3ccccc3c3ccccc23)cc1. The number of rotatable bonds is 4. The maximum Gasteiger partial charge on any atom is 0.171 e. The summed E-state index contributed by atoms with van der Waals surface area (Å²) < 4.78 is 14.6. The Morgan fingerprint density at radius 2 is 0.912 bits per heavy atom. The molecule has 5 aromatic carbocycles. The van der Waals surface area contributed by atoms with Crippen molar-refractivity contribution in [3.05, 3.63) is 133 Å². The zero-order chi connectivity index (χ0) is 23.0. The average Bonchev–Trinajstić information content (AvgIpc) is 2.93. The number of aromatic nitrogens is 1. The minimum Gasteiger partial charge on any atom is -0.309 e. The van der Waals surface area contributed by atoms with Crippen molar-refractivity contribution in [3.8, 4) is 11.3 Å². The van der Waals surface area contributed by atoms with E-state index in [0.29, 0.717) is 0 Å². The lowest BCUT2D eigenvalue weighted by atomic mass is 10.0. The third-order valence-electron chi connectivity index (χ3n) is 6.35. The smallest absolute Gasteiger partial charge is 0.171 e. The van der Waals surface area contributed by atoms with E-state index in [4.69, 9.17) is 4.98 Å². The monoisotopic (exact) mass is 455 g/mol. The van der Waals surface area contributed by atoms with E-state index in [1.807, 2.05) is 78.9 Å². The van der Waals surface area contributed by atoms with Crippen LogP contribution in [0.15, 0.2) is 133 Å². The van der Waals surface area contributed by atoms with Crippen LogP contribution in [0.5, 0.6) is 0 Å². The first-order valence-corrected chi connectivity index (χ1v) is 13.1. The number of hydrogen-bond acceptors (Lipinski definition) is 2. The van der Waals surface area contributed by atoms with Gasteiger partial charge in [-0.15, -0.1) is 0 Å². The molecule has 0 amide bonds. The molecule has 0 aliphatic carbocycles. The zero-order valence-corrected chi connectivity index (χ0v) is 19.4. The molecule has 6 aromatic rings. The predicted octanol–water partition coefficient (Wildman–Crippen LogP) is 6.69. The summed E-state index contributed by atoms with van der Waals surface area (Å²) >= 11 is 0. The number of pyridine rings is 1. The molecule has 0 unspecified atom stereocenters. The number of nitrogens with zero attached hydrogens (tertiary/aromatic N) is 1. The summed E-state index contributed by atoms with van der Waals surface area (Å²) in [5.41, 5.74) is 2.92. The van der Waals surface area contributed by atoms with Crippen LogP contribution in [0.2, 0.25) is 0 Å². The third kappa shape index (κ3) is 3.36. The van der Waals surface area contributed by atoms with E-state index < -0.39 is 7.14 Å². The lowest BCUT2D eigenvalue weighted by molar-refractivity contribution is 0.592. The second-order valence-electron chi connectivity index (χ2n) is 8.35. The van der Waals surface area contributed by atoms with Crippen molar-refractivity contribution in [2.24, 2.45) is 0 Å². The van der Waals surface area contributed by atoms with Crippen LogP contribution in [0.4, 0.5) is 0 Å². The first-order valence-electron chi connectivity index (χ1n) is 11.3.